The first-order chi connectivity index (χ1) is 10.0. The van der Waals surface area contributed by atoms with E-state index in [2.05, 4.69) is 20.0 Å². The Morgan fingerprint density at radius 1 is 1.19 bits per heavy atom. The average Bonchev–Trinajstić information content (AvgIpc) is 2.96. The first kappa shape index (κ1) is 15.5. The fourth-order valence-electron chi connectivity index (χ4n) is 1.83. The van der Waals surface area contributed by atoms with Crippen molar-refractivity contribution >= 4 is 15.7 Å². The van der Waals surface area contributed by atoms with Crippen molar-refractivity contribution in [1.29, 1.82) is 0 Å². The van der Waals surface area contributed by atoms with E-state index in [9.17, 15) is 8.42 Å². The van der Waals surface area contributed by atoms with Crippen molar-refractivity contribution in [2.24, 2.45) is 0 Å². The molecule has 6 nitrogen and oxygen atoms in total. The monoisotopic (exact) mass is 308 g/mol. The number of benzene rings is 1. The summed E-state index contributed by atoms with van der Waals surface area (Å²) in [7, 11) is -3.62. The van der Waals surface area contributed by atoms with Crippen LogP contribution in [-0.2, 0) is 23.0 Å². The molecule has 0 atom stereocenters. The Hall–Kier alpha value is -1.86. The Kier molecular flexibility index (Phi) is 4.98. The van der Waals surface area contributed by atoms with Crippen LogP contribution in [0.4, 0.5) is 5.69 Å². The van der Waals surface area contributed by atoms with Crippen molar-refractivity contribution in [2.75, 3.05) is 11.3 Å². The maximum Gasteiger partial charge on any atom is 0.278 e. The molecular weight excluding hydrogens is 288 g/mol. The number of nitrogens with zero attached hydrogens (tertiary/aromatic N) is 1. The maximum atomic E-state index is 12.2. The second-order valence-electron chi connectivity index (χ2n) is 4.63. The van der Waals surface area contributed by atoms with Crippen LogP contribution in [0.25, 0.3) is 0 Å². The molecule has 114 valence electrons. The predicted molar refractivity (Wildman–Crippen MR) is 82.6 cm³/mol. The van der Waals surface area contributed by atoms with Crippen LogP contribution in [0.15, 0.2) is 35.5 Å². The number of anilines is 1. The van der Waals surface area contributed by atoms with Crippen molar-refractivity contribution in [3.8, 4) is 0 Å². The Bertz CT molecular complexity index is 677. The topological polar surface area (TPSA) is 86.9 Å². The van der Waals surface area contributed by atoms with Gasteiger partial charge in [-0.15, -0.1) is 0 Å². The van der Waals surface area contributed by atoms with Crippen LogP contribution in [0, 0.1) is 0 Å². The Morgan fingerprint density at radius 3 is 2.48 bits per heavy atom. The van der Waals surface area contributed by atoms with E-state index in [0.29, 0.717) is 17.9 Å². The normalized spacial score (nSPS) is 11.5. The van der Waals surface area contributed by atoms with Crippen molar-refractivity contribution < 1.29 is 8.42 Å². The molecule has 0 fully saturated rings. The number of aromatic amines is 1. The van der Waals surface area contributed by atoms with Gasteiger partial charge in [-0.2, -0.15) is 8.42 Å². The van der Waals surface area contributed by atoms with Crippen LogP contribution >= 0.6 is 0 Å². The third kappa shape index (κ3) is 4.05. The lowest BCUT2D eigenvalue weighted by molar-refractivity contribution is 0.598. The molecule has 0 aliphatic heterocycles. The van der Waals surface area contributed by atoms with Gasteiger partial charge < -0.3 is 10.3 Å². The van der Waals surface area contributed by atoms with E-state index in [1.807, 2.05) is 26.0 Å². The van der Waals surface area contributed by atoms with Crippen LogP contribution in [0.1, 0.15) is 25.2 Å². The zero-order valence-electron chi connectivity index (χ0n) is 12.2. The number of aromatic nitrogens is 2. The molecule has 0 bridgehead atoms. The van der Waals surface area contributed by atoms with Gasteiger partial charge in [0, 0.05) is 18.7 Å². The van der Waals surface area contributed by atoms with E-state index < -0.39 is 10.0 Å². The zero-order valence-corrected chi connectivity index (χ0v) is 13.0. The van der Waals surface area contributed by atoms with E-state index in [0.717, 1.165) is 18.7 Å². The SMILES string of the molecule is CCNCc1ccc(NS(=O)(=O)c2cnc(CC)[nH]2)cc1. The molecule has 1 heterocycles. The zero-order chi connectivity index (χ0) is 15.3. The molecule has 0 radical (unpaired) electrons. The highest BCUT2D eigenvalue weighted by Gasteiger charge is 2.16. The summed E-state index contributed by atoms with van der Waals surface area (Å²) in [4.78, 5) is 6.80. The standard InChI is InChI=1S/C14H20N4O2S/c1-3-13-16-10-14(17-13)21(19,20)18-12-7-5-11(6-8-12)9-15-4-2/h5-8,10,15,18H,3-4,9H2,1-2H3,(H,16,17). The van der Waals surface area contributed by atoms with E-state index in [1.165, 1.54) is 6.20 Å². The van der Waals surface area contributed by atoms with E-state index >= 15 is 0 Å². The molecular formula is C14H20N4O2S. The minimum atomic E-state index is -3.62. The summed E-state index contributed by atoms with van der Waals surface area (Å²) in [5.74, 6) is 0.649. The average molecular weight is 308 g/mol. The highest BCUT2D eigenvalue weighted by atomic mass is 32.2. The molecule has 0 saturated heterocycles. The molecule has 21 heavy (non-hydrogen) atoms. The van der Waals surface area contributed by atoms with Crippen LogP contribution in [0.5, 0.6) is 0 Å². The van der Waals surface area contributed by atoms with Gasteiger partial charge in [0.15, 0.2) is 5.03 Å². The minimum Gasteiger partial charge on any atom is -0.332 e. The summed E-state index contributed by atoms with van der Waals surface area (Å²) in [5, 5.41) is 3.30. The van der Waals surface area contributed by atoms with Gasteiger partial charge >= 0.3 is 0 Å². The van der Waals surface area contributed by atoms with Crippen LogP contribution in [0.2, 0.25) is 0 Å². The molecule has 1 aromatic carbocycles. The first-order valence-electron chi connectivity index (χ1n) is 6.91. The fourth-order valence-corrected chi connectivity index (χ4v) is 2.83. The maximum absolute atomic E-state index is 12.2. The second-order valence-corrected chi connectivity index (χ2v) is 6.28. The molecule has 1 aromatic heterocycles. The summed E-state index contributed by atoms with van der Waals surface area (Å²) in [5.41, 5.74) is 1.64. The van der Waals surface area contributed by atoms with Gasteiger partial charge in [0.05, 0.1) is 6.20 Å². The number of rotatable bonds is 7. The van der Waals surface area contributed by atoms with Crippen molar-refractivity contribution in [3.63, 3.8) is 0 Å². The lowest BCUT2D eigenvalue weighted by Crippen LogP contribution is -2.14. The number of imidazole rings is 1. The van der Waals surface area contributed by atoms with E-state index in [-0.39, 0.29) is 5.03 Å². The molecule has 2 rings (SSSR count). The van der Waals surface area contributed by atoms with Gasteiger partial charge in [-0.05, 0) is 24.2 Å². The Balaban J connectivity index is 2.09. The number of hydrogen-bond acceptors (Lipinski definition) is 4. The van der Waals surface area contributed by atoms with Gasteiger partial charge in [-0.25, -0.2) is 4.98 Å². The van der Waals surface area contributed by atoms with Gasteiger partial charge in [-0.3, -0.25) is 4.72 Å². The van der Waals surface area contributed by atoms with Crippen LogP contribution in [0.3, 0.4) is 0 Å². The molecule has 0 saturated carbocycles. The fraction of sp³-hybridized carbons (Fsp3) is 0.357. The lowest BCUT2D eigenvalue weighted by atomic mass is 10.2. The van der Waals surface area contributed by atoms with Crippen LogP contribution < -0.4 is 10.0 Å². The largest absolute Gasteiger partial charge is 0.332 e. The molecule has 0 unspecified atom stereocenters. The van der Waals surface area contributed by atoms with Crippen LogP contribution in [-0.4, -0.2) is 24.9 Å². The summed E-state index contributed by atoms with van der Waals surface area (Å²) in [6.45, 7) is 5.61. The number of sulfonamides is 1. The molecule has 0 spiro atoms. The van der Waals surface area contributed by atoms with E-state index in [1.54, 1.807) is 12.1 Å². The van der Waals surface area contributed by atoms with Gasteiger partial charge in [0.25, 0.3) is 10.0 Å². The number of H-pyrrole nitrogens is 1. The van der Waals surface area contributed by atoms with E-state index in [4.69, 9.17) is 0 Å². The number of hydrogen-bond donors (Lipinski definition) is 3. The molecule has 7 heteroatoms. The Morgan fingerprint density at radius 2 is 1.90 bits per heavy atom. The number of nitrogens with one attached hydrogen (secondary N) is 3. The molecule has 0 aliphatic rings. The van der Waals surface area contributed by atoms with Crippen molar-refractivity contribution in [3.05, 3.63) is 41.9 Å². The minimum absolute atomic E-state index is 0.0797. The molecule has 0 amide bonds. The Labute approximate surface area is 125 Å². The summed E-state index contributed by atoms with van der Waals surface area (Å²) < 4.78 is 26.9. The van der Waals surface area contributed by atoms with Crippen molar-refractivity contribution in [1.82, 2.24) is 15.3 Å². The molecule has 0 aliphatic carbocycles. The van der Waals surface area contributed by atoms with Gasteiger partial charge in [0.1, 0.15) is 5.82 Å². The lowest BCUT2D eigenvalue weighted by Gasteiger charge is -2.07. The highest BCUT2D eigenvalue weighted by molar-refractivity contribution is 7.92. The van der Waals surface area contributed by atoms with Gasteiger partial charge in [-0.1, -0.05) is 26.0 Å². The first-order valence-corrected chi connectivity index (χ1v) is 8.40. The summed E-state index contributed by atoms with van der Waals surface area (Å²) in [6.07, 6.45) is 2.00. The van der Waals surface area contributed by atoms with Gasteiger partial charge in [0.2, 0.25) is 0 Å². The highest BCUT2D eigenvalue weighted by Crippen LogP contribution is 2.15. The summed E-state index contributed by atoms with van der Waals surface area (Å²) >= 11 is 0. The summed E-state index contributed by atoms with van der Waals surface area (Å²) in [6, 6.07) is 7.29. The third-order valence-corrected chi connectivity index (χ3v) is 4.31. The van der Waals surface area contributed by atoms with Crippen molar-refractivity contribution in [2.45, 2.75) is 31.8 Å². The molecule has 2 aromatic rings. The third-order valence-electron chi connectivity index (χ3n) is 3.01. The second kappa shape index (κ2) is 6.73. The quantitative estimate of drug-likeness (QED) is 0.729. The smallest absolute Gasteiger partial charge is 0.278 e. The predicted octanol–water partition coefficient (Wildman–Crippen LogP) is 1.88. The molecule has 3 N–H and O–H groups in total. The number of aryl methyl sites for hydroxylation is 1.